The van der Waals surface area contributed by atoms with Crippen molar-refractivity contribution in [3.63, 3.8) is 0 Å². The third-order valence-electron chi connectivity index (χ3n) is 0. The summed E-state index contributed by atoms with van der Waals surface area (Å²) < 4.78 is 8.39. The summed E-state index contributed by atoms with van der Waals surface area (Å²) in [6, 6.07) is 0. The third-order valence-corrected chi connectivity index (χ3v) is 0. The van der Waals surface area contributed by atoms with Crippen molar-refractivity contribution in [1.29, 1.82) is 0 Å². The van der Waals surface area contributed by atoms with Crippen molar-refractivity contribution < 1.29 is 31.4 Å². The largest absolute Gasteiger partial charge is 2.00 e. The number of hydrogen-bond donors (Lipinski definition) is 0. The van der Waals surface area contributed by atoms with Crippen LogP contribution in [0.25, 0.3) is 0 Å². The second-order valence-corrected chi connectivity index (χ2v) is 0. The smallest absolute Gasteiger partial charge is 0 e. The van der Waals surface area contributed by atoms with E-state index in [1.165, 1.54) is 0 Å². The van der Waals surface area contributed by atoms with Crippen LogP contribution in [0.5, 0.6) is 0 Å². The summed E-state index contributed by atoms with van der Waals surface area (Å²) in [5, 5.41) is 0. The summed E-state index contributed by atoms with van der Waals surface area (Å²) in [5.41, 5.74) is 0. The maximum atomic E-state index is 8.39. The van der Waals surface area contributed by atoms with Gasteiger partial charge in [-0.15, -0.1) is 0 Å². The Balaban J connectivity index is -0.000000000833. The Hall–Kier alpha value is 3.07. The van der Waals surface area contributed by atoms with Gasteiger partial charge in [0.05, 0.1) is 0 Å². The average molecular weight is 358 g/mol. The maximum absolute atomic E-state index is 8.39. The normalized spacial score (nSPS) is 1.00. The molecule has 0 fully saturated rings. The standard InChI is InChI=1S/O.Pb.Sc.Sr.2H/q;;;+2;2*-1. The van der Waals surface area contributed by atoms with Crippen LogP contribution in [-0.4, -0.2) is 71.3 Å². The van der Waals surface area contributed by atoms with Crippen molar-refractivity contribution in [3.8, 4) is 0 Å². The van der Waals surface area contributed by atoms with Gasteiger partial charge in [0, 0.05) is 25.8 Å². The summed E-state index contributed by atoms with van der Waals surface area (Å²) in [4.78, 5) is 0. The fourth-order valence-corrected chi connectivity index (χ4v) is 0. The Kier molecular flexibility index (Phi) is 65.1. The molecule has 4 heavy (non-hydrogen) atoms. The first-order valence-corrected chi connectivity index (χ1v) is 1.79. The Bertz CT molecular complexity index is 13.5. The zero-order valence-corrected chi connectivity index (χ0v) is 11.4. The van der Waals surface area contributed by atoms with Crippen LogP contribution in [0.1, 0.15) is 2.85 Å². The molecule has 4 heteroatoms. The Labute approximate surface area is 100 Å². The molecule has 0 heterocycles. The first-order valence-electron chi connectivity index (χ1n) is 0.204. The molecular weight excluding hydrogens is 356 g/mol. The molecule has 0 atom stereocenters. The molecule has 0 aromatic rings. The molecular formula is H2OPbScSr. The van der Waals surface area contributed by atoms with Gasteiger partial charge in [-0.1, -0.05) is 0 Å². The van der Waals surface area contributed by atoms with Gasteiger partial charge in [-0.3, -0.25) is 0 Å². The van der Waals surface area contributed by atoms with Gasteiger partial charge in [-0.05, 0) is 0 Å². The second-order valence-electron chi connectivity index (χ2n) is 0. The first-order chi connectivity index (χ1) is 1.00. The van der Waals surface area contributed by atoms with Gasteiger partial charge in [0.1, 0.15) is 0 Å². The summed E-state index contributed by atoms with van der Waals surface area (Å²) in [7, 11) is 0. The summed E-state index contributed by atoms with van der Waals surface area (Å²) >= 11 is 0.0556. The van der Waals surface area contributed by atoms with E-state index in [4.69, 9.17) is 2.69 Å². The van der Waals surface area contributed by atoms with Crippen LogP contribution >= 0.6 is 0 Å². The zero-order chi connectivity index (χ0) is 2.00. The van der Waals surface area contributed by atoms with Gasteiger partial charge in [0.25, 0.3) is 0 Å². The molecule has 0 aliphatic carbocycles. The molecule has 0 amide bonds. The van der Waals surface area contributed by atoms with E-state index in [-0.39, 0.29) is 100.0 Å². The molecule has 0 aliphatic heterocycles. The Morgan fingerprint density at radius 2 is 1.50 bits per heavy atom. The monoisotopic (exact) mass is 359 g/mol. The Morgan fingerprint density at radius 3 is 1.50 bits per heavy atom. The van der Waals surface area contributed by atoms with Crippen molar-refractivity contribution in [1.82, 2.24) is 0 Å². The van der Waals surface area contributed by atoms with Crippen molar-refractivity contribution in [3.05, 3.63) is 0 Å². The summed E-state index contributed by atoms with van der Waals surface area (Å²) in [5.74, 6) is 0. The van der Waals surface area contributed by atoms with E-state index < -0.39 is 0 Å². The van der Waals surface area contributed by atoms with Crippen LogP contribution in [0, 0.1) is 0 Å². The summed E-state index contributed by atoms with van der Waals surface area (Å²) in [6.45, 7) is 0. The number of rotatable bonds is 0. The minimum Gasteiger partial charge on any atom is 0 e. The van der Waals surface area contributed by atoms with Crippen molar-refractivity contribution >= 4 is 71.3 Å². The van der Waals surface area contributed by atoms with Crippen molar-refractivity contribution in [2.24, 2.45) is 0 Å². The van der Waals surface area contributed by atoms with Crippen molar-refractivity contribution in [2.45, 2.75) is 0 Å². The topological polar surface area (TPSA) is 17.1 Å². The zero-order valence-electron chi connectivity index (χ0n) is 4.19. The predicted octanol–water partition coefficient (Wildman–Crippen LogP) is -0.658. The van der Waals surface area contributed by atoms with E-state index in [2.05, 4.69) is 0 Å². The molecule has 1 nitrogen and oxygen atoms in total. The predicted molar refractivity (Wildman–Crippen MR) is 14.4 cm³/mol. The van der Waals surface area contributed by atoms with Gasteiger partial charge >= 0.3 is 73.9 Å². The van der Waals surface area contributed by atoms with Gasteiger partial charge in [-0.2, -0.15) is 0 Å². The molecule has 0 N–H and O–H groups in total. The molecule has 0 aliphatic rings. The molecule has 0 bridgehead atoms. The van der Waals surface area contributed by atoms with E-state index in [0.717, 1.165) is 0 Å². The van der Waals surface area contributed by atoms with Crippen LogP contribution in [0.4, 0.5) is 0 Å². The molecule has 0 spiro atoms. The van der Waals surface area contributed by atoms with Gasteiger partial charge in [0.2, 0.25) is 0 Å². The molecule has 0 unspecified atom stereocenters. The minimum absolute atomic E-state index is 0. The fraction of sp³-hybridized carbons (Fsp3) is 0. The molecule has 17 valence electrons. The SMILES string of the molecule is [H-].[H-].[O]=[Pb].[Sc].[Sr+2]. The van der Waals surface area contributed by atoms with Gasteiger partial charge in [0.15, 0.2) is 0 Å². The van der Waals surface area contributed by atoms with Gasteiger partial charge < -0.3 is 2.85 Å². The second kappa shape index (κ2) is 16.6. The Morgan fingerprint density at radius 1 is 1.50 bits per heavy atom. The van der Waals surface area contributed by atoms with Crippen LogP contribution in [0.2, 0.25) is 0 Å². The average Bonchev–Trinajstić information content (AvgIpc) is 1.00. The van der Waals surface area contributed by atoms with E-state index in [0.29, 0.717) is 0 Å². The van der Waals surface area contributed by atoms with Gasteiger partial charge in [-0.25, -0.2) is 0 Å². The van der Waals surface area contributed by atoms with Crippen LogP contribution < -0.4 is 0 Å². The van der Waals surface area contributed by atoms with Crippen LogP contribution in [-0.2, 0) is 28.5 Å². The van der Waals surface area contributed by atoms with E-state index in [9.17, 15) is 0 Å². The van der Waals surface area contributed by atoms with E-state index in [1.54, 1.807) is 0 Å². The van der Waals surface area contributed by atoms with Crippen molar-refractivity contribution in [2.75, 3.05) is 0 Å². The molecule has 0 aromatic carbocycles. The van der Waals surface area contributed by atoms with Crippen LogP contribution in [0.15, 0.2) is 0 Å². The minimum atomic E-state index is 0. The van der Waals surface area contributed by atoms with E-state index >= 15 is 0 Å². The summed E-state index contributed by atoms with van der Waals surface area (Å²) in [6.07, 6.45) is 0. The quantitative estimate of drug-likeness (QED) is 0.526. The first kappa shape index (κ1) is 15.7. The maximum Gasteiger partial charge on any atom is 2.00 e. The van der Waals surface area contributed by atoms with Crippen LogP contribution in [0.3, 0.4) is 0 Å². The van der Waals surface area contributed by atoms with E-state index in [1.807, 2.05) is 0 Å². The molecule has 0 aromatic heterocycles. The number of hydrogen-bond acceptors (Lipinski definition) is 1. The molecule has 0 saturated heterocycles. The molecule has 3 radical (unpaired) electrons. The fourth-order valence-electron chi connectivity index (χ4n) is 0. The molecule has 0 saturated carbocycles. The third kappa shape index (κ3) is 8.91. The molecule has 0 rings (SSSR count).